The third-order valence-corrected chi connectivity index (χ3v) is 3.09. The standard InChI is InChI=1S/C13H20FN5.ClH/c1-5-18-13(14)11(10(4)17-18)8-15-12-6-7-16-19(12)9(2)3;/h6-7,9,15H,5,8H2,1-4H3;1H. The second kappa shape index (κ2) is 6.74. The van der Waals surface area contributed by atoms with E-state index in [4.69, 9.17) is 0 Å². The van der Waals surface area contributed by atoms with Crippen LogP contribution >= 0.6 is 12.4 Å². The van der Waals surface area contributed by atoms with Gasteiger partial charge < -0.3 is 5.32 Å². The highest BCUT2D eigenvalue weighted by Gasteiger charge is 2.14. The maximum absolute atomic E-state index is 14.0. The zero-order chi connectivity index (χ0) is 14.0. The van der Waals surface area contributed by atoms with Gasteiger partial charge in [0, 0.05) is 30.8 Å². The summed E-state index contributed by atoms with van der Waals surface area (Å²) in [7, 11) is 0. The van der Waals surface area contributed by atoms with Gasteiger partial charge in [-0.25, -0.2) is 9.36 Å². The van der Waals surface area contributed by atoms with E-state index in [-0.39, 0.29) is 24.4 Å². The van der Waals surface area contributed by atoms with Gasteiger partial charge in [-0.3, -0.25) is 0 Å². The molecule has 0 fully saturated rings. The van der Waals surface area contributed by atoms with Gasteiger partial charge in [0.2, 0.25) is 5.95 Å². The molecule has 0 atom stereocenters. The lowest BCUT2D eigenvalue weighted by Crippen LogP contribution is -2.11. The fourth-order valence-corrected chi connectivity index (χ4v) is 2.05. The van der Waals surface area contributed by atoms with E-state index in [0.29, 0.717) is 18.7 Å². The molecular weight excluding hydrogens is 281 g/mol. The molecule has 0 unspecified atom stereocenters. The lowest BCUT2D eigenvalue weighted by Gasteiger charge is -2.12. The molecule has 20 heavy (non-hydrogen) atoms. The van der Waals surface area contributed by atoms with Gasteiger partial charge in [-0.1, -0.05) is 0 Å². The van der Waals surface area contributed by atoms with Crippen molar-refractivity contribution < 1.29 is 4.39 Å². The Morgan fingerprint density at radius 1 is 1.40 bits per heavy atom. The minimum atomic E-state index is -0.261. The molecule has 0 aliphatic rings. The summed E-state index contributed by atoms with van der Waals surface area (Å²) in [5.41, 5.74) is 1.33. The van der Waals surface area contributed by atoms with Crippen LogP contribution in [0.1, 0.15) is 38.1 Å². The first-order valence-electron chi connectivity index (χ1n) is 6.53. The van der Waals surface area contributed by atoms with Crippen molar-refractivity contribution in [3.63, 3.8) is 0 Å². The van der Waals surface area contributed by atoms with Gasteiger partial charge in [-0.05, 0) is 27.7 Å². The highest BCUT2D eigenvalue weighted by atomic mass is 35.5. The number of hydrogen-bond acceptors (Lipinski definition) is 3. The molecule has 112 valence electrons. The van der Waals surface area contributed by atoms with Gasteiger partial charge in [0.25, 0.3) is 0 Å². The van der Waals surface area contributed by atoms with Crippen molar-refractivity contribution in [2.45, 2.75) is 46.8 Å². The van der Waals surface area contributed by atoms with E-state index in [2.05, 4.69) is 29.4 Å². The molecule has 2 aromatic heterocycles. The number of anilines is 1. The van der Waals surface area contributed by atoms with Crippen molar-refractivity contribution in [3.05, 3.63) is 29.5 Å². The zero-order valence-corrected chi connectivity index (χ0v) is 13.0. The Bertz CT molecular complexity index is 561. The molecule has 0 bridgehead atoms. The average Bonchev–Trinajstić information content (AvgIpc) is 2.93. The van der Waals surface area contributed by atoms with Crippen LogP contribution in [-0.2, 0) is 13.1 Å². The van der Waals surface area contributed by atoms with Crippen molar-refractivity contribution in [2.24, 2.45) is 0 Å². The molecule has 0 aromatic carbocycles. The predicted octanol–water partition coefficient (Wildman–Crippen LogP) is 3.16. The molecule has 2 heterocycles. The van der Waals surface area contributed by atoms with Crippen LogP contribution in [0.2, 0.25) is 0 Å². The SMILES string of the molecule is CCn1nc(C)c(CNc2ccnn2C(C)C)c1F.Cl. The summed E-state index contributed by atoms with van der Waals surface area (Å²) < 4.78 is 17.3. The molecule has 0 amide bonds. The number of nitrogens with zero attached hydrogens (tertiary/aromatic N) is 4. The summed E-state index contributed by atoms with van der Waals surface area (Å²) in [6.07, 6.45) is 1.74. The van der Waals surface area contributed by atoms with Crippen LogP contribution in [0, 0.1) is 12.9 Å². The molecule has 1 N–H and O–H groups in total. The molecule has 5 nitrogen and oxygen atoms in total. The maximum Gasteiger partial charge on any atom is 0.216 e. The second-order valence-electron chi connectivity index (χ2n) is 4.78. The van der Waals surface area contributed by atoms with E-state index < -0.39 is 0 Å². The number of hydrogen-bond donors (Lipinski definition) is 1. The summed E-state index contributed by atoms with van der Waals surface area (Å²) in [6.45, 7) is 8.76. The fraction of sp³-hybridized carbons (Fsp3) is 0.538. The molecule has 2 rings (SSSR count). The molecular formula is C13H21ClFN5. The van der Waals surface area contributed by atoms with Crippen LogP contribution in [-0.4, -0.2) is 19.6 Å². The lowest BCUT2D eigenvalue weighted by atomic mass is 10.2. The van der Waals surface area contributed by atoms with Gasteiger partial charge in [0.05, 0.1) is 11.9 Å². The van der Waals surface area contributed by atoms with Gasteiger partial charge in [-0.15, -0.1) is 12.4 Å². The predicted molar refractivity (Wildman–Crippen MR) is 79.8 cm³/mol. The molecule has 0 spiro atoms. The Morgan fingerprint density at radius 3 is 2.65 bits per heavy atom. The Labute approximate surface area is 124 Å². The maximum atomic E-state index is 14.0. The van der Waals surface area contributed by atoms with Crippen molar-refractivity contribution in [2.75, 3.05) is 5.32 Å². The fourth-order valence-electron chi connectivity index (χ4n) is 2.05. The summed E-state index contributed by atoms with van der Waals surface area (Å²) in [6, 6.07) is 2.15. The van der Waals surface area contributed by atoms with Crippen LogP contribution in [0.25, 0.3) is 0 Å². The number of rotatable bonds is 5. The monoisotopic (exact) mass is 301 g/mol. The van der Waals surface area contributed by atoms with Crippen LogP contribution < -0.4 is 5.32 Å². The molecule has 7 heteroatoms. The largest absolute Gasteiger partial charge is 0.366 e. The van der Waals surface area contributed by atoms with Gasteiger partial charge >= 0.3 is 0 Å². The minimum Gasteiger partial charge on any atom is -0.366 e. The first-order chi connectivity index (χ1) is 9.04. The third-order valence-electron chi connectivity index (χ3n) is 3.09. The van der Waals surface area contributed by atoms with E-state index in [0.717, 1.165) is 11.5 Å². The average molecular weight is 302 g/mol. The third kappa shape index (κ3) is 3.12. The molecule has 0 radical (unpaired) electrons. The topological polar surface area (TPSA) is 47.7 Å². The molecule has 0 saturated heterocycles. The minimum absolute atomic E-state index is 0. The number of halogens is 2. The van der Waals surface area contributed by atoms with Crippen LogP contribution in [0.15, 0.2) is 12.3 Å². The van der Waals surface area contributed by atoms with Crippen molar-refractivity contribution >= 4 is 18.2 Å². The molecule has 2 aromatic rings. The summed E-state index contributed by atoms with van der Waals surface area (Å²) in [4.78, 5) is 0. The Balaban J connectivity index is 0.00000200. The van der Waals surface area contributed by atoms with Crippen molar-refractivity contribution in [1.82, 2.24) is 19.6 Å². The quantitative estimate of drug-likeness (QED) is 0.923. The zero-order valence-electron chi connectivity index (χ0n) is 12.2. The number of aryl methyl sites for hydroxylation is 2. The van der Waals surface area contributed by atoms with E-state index >= 15 is 0 Å². The van der Waals surface area contributed by atoms with Crippen molar-refractivity contribution in [1.29, 1.82) is 0 Å². The Morgan fingerprint density at radius 2 is 2.10 bits per heavy atom. The smallest absolute Gasteiger partial charge is 0.216 e. The van der Waals surface area contributed by atoms with E-state index in [1.165, 1.54) is 4.68 Å². The van der Waals surface area contributed by atoms with Crippen LogP contribution in [0.4, 0.5) is 10.2 Å². The highest BCUT2D eigenvalue weighted by Crippen LogP contribution is 2.17. The van der Waals surface area contributed by atoms with Gasteiger partial charge in [0.1, 0.15) is 5.82 Å². The second-order valence-corrected chi connectivity index (χ2v) is 4.78. The number of nitrogens with one attached hydrogen (secondary N) is 1. The first kappa shape index (κ1) is 16.5. The highest BCUT2D eigenvalue weighted by molar-refractivity contribution is 5.85. The number of aromatic nitrogens is 4. The Kier molecular flexibility index (Phi) is 5.56. The normalized spacial score (nSPS) is 10.7. The molecule has 0 aliphatic carbocycles. The van der Waals surface area contributed by atoms with E-state index in [1.54, 1.807) is 6.20 Å². The van der Waals surface area contributed by atoms with Crippen LogP contribution in [0.5, 0.6) is 0 Å². The summed E-state index contributed by atoms with van der Waals surface area (Å²) >= 11 is 0. The Hall–Kier alpha value is -1.56. The van der Waals surface area contributed by atoms with Gasteiger partial charge in [0.15, 0.2) is 0 Å². The summed E-state index contributed by atoms with van der Waals surface area (Å²) in [5.74, 6) is 0.626. The van der Waals surface area contributed by atoms with E-state index in [1.807, 2.05) is 24.6 Å². The molecule has 0 saturated carbocycles. The van der Waals surface area contributed by atoms with Crippen molar-refractivity contribution in [3.8, 4) is 0 Å². The lowest BCUT2D eigenvalue weighted by molar-refractivity contribution is 0.464. The van der Waals surface area contributed by atoms with Crippen LogP contribution in [0.3, 0.4) is 0 Å². The first-order valence-corrected chi connectivity index (χ1v) is 6.53. The summed E-state index contributed by atoms with van der Waals surface area (Å²) in [5, 5.41) is 11.6. The van der Waals surface area contributed by atoms with Gasteiger partial charge in [-0.2, -0.15) is 14.6 Å². The molecule has 0 aliphatic heterocycles. The van der Waals surface area contributed by atoms with E-state index in [9.17, 15) is 4.39 Å².